The van der Waals surface area contributed by atoms with Gasteiger partial charge in [0.2, 0.25) is 0 Å². The van der Waals surface area contributed by atoms with Gasteiger partial charge < -0.3 is 10.4 Å². The first-order valence-electron chi connectivity index (χ1n) is 4.81. The van der Waals surface area contributed by atoms with Gasteiger partial charge in [0, 0.05) is 6.54 Å². The van der Waals surface area contributed by atoms with Crippen molar-refractivity contribution < 1.29 is 9.90 Å². The van der Waals surface area contributed by atoms with Gasteiger partial charge in [0.25, 0.3) is 0 Å². The minimum absolute atomic E-state index is 0.384. The summed E-state index contributed by atoms with van der Waals surface area (Å²) in [6.45, 7) is 1.99. The van der Waals surface area contributed by atoms with Crippen molar-refractivity contribution in [2.75, 3.05) is 13.1 Å². The van der Waals surface area contributed by atoms with Crippen LogP contribution in [0.15, 0.2) is 24.3 Å². The lowest BCUT2D eigenvalue weighted by Gasteiger charge is -2.08. The van der Waals surface area contributed by atoms with Crippen LogP contribution < -0.4 is 5.32 Å². The van der Waals surface area contributed by atoms with E-state index in [1.807, 2.05) is 12.1 Å². The van der Waals surface area contributed by atoms with Crippen molar-refractivity contribution in [1.29, 1.82) is 0 Å². The number of benzene rings is 1. The van der Waals surface area contributed by atoms with Crippen molar-refractivity contribution in [3.8, 4) is 0 Å². The maximum Gasteiger partial charge on any atom is 0.335 e. The Morgan fingerprint density at radius 2 is 2.36 bits per heavy atom. The Morgan fingerprint density at radius 1 is 1.50 bits per heavy atom. The van der Waals surface area contributed by atoms with Crippen LogP contribution in [0, 0.1) is 0 Å². The summed E-state index contributed by atoms with van der Waals surface area (Å²) in [6.07, 6.45) is 1.10. The number of nitrogens with one attached hydrogen (secondary N) is 1. The summed E-state index contributed by atoms with van der Waals surface area (Å²) in [5, 5.41) is 12.1. The average Bonchev–Trinajstić information content (AvgIpc) is 2.71. The lowest BCUT2D eigenvalue weighted by atomic mass is 9.97. The molecule has 1 saturated heterocycles. The van der Waals surface area contributed by atoms with E-state index in [2.05, 4.69) is 5.32 Å². The van der Waals surface area contributed by atoms with Gasteiger partial charge in [-0.1, -0.05) is 12.1 Å². The maximum absolute atomic E-state index is 10.8. The zero-order valence-corrected chi connectivity index (χ0v) is 7.86. The largest absolute Gasteiger partial charge is 0.478 e. The number of carbonyl (C=O) groups is 1. The number of carboxylic acids is 1. The van der Waals surface area contributed by atoms with Crippen molar-refractivity contribution in [3.63, 3.8) is 0 Å². The van der Waals surface area contributed by atoms with Gasteiger partial charge in [0.1, 0.15) is 0 Å². The molecule has 1 heterocycles. The second-order valence-corrected chi connectivity index (χ2v) is 3.62. The molecule has 0 radical (unpaired) electrons. The molecule has 0 saturated carbocycles. The maximum atomic E-state index is 10.8. The Labute approximate surface area is 82.8 Å². The molecule has 1 aromatic carbocycles. The number of rotatable bonds is 2. The third-order valence-corrected chi connectivity index (χ3v) is 2.67. The summed E-state index contributed by atoms with van der Waals surface area (Å²) in [5.41, 5.74) is 1.52. The lowest BCUT2D eigenvalue weighted by molar-refractivity contribution is 0.0696. The summed E-state index contributed by atoms with van der Waals surface area (Å²) < 4.78 is 0. The summed E-state index contributed by atoms with van der Waals surface area (Å²) >= 11 is 0. The van der Waals surface area contributed by atoms with E-state index in [1.54, 1.807) is 12.1 Å². The smallest absolute Gasteiger partial charge is 0.335 e. The van der Waals surface area contributed by atoms with Gasteiger partial charge in [-0.25, -0.2) is 4.79 Å². The van der Waals surface area contributed by atoms with Crippen LogP contribution in [0.1, 0.15) is 28.3 Å². The van der Waals surface area contributed by atoms with E-state index in [1.165, 1.54) is 0 Å². The zero-order valence-electron chi connectivity index (χ0n) is 7.86. The molecule has 3 heteroatoms. The SMILES string of the molecule is O=C(O)c1cccc([C@@H]2CCNC2)c1. The van der Waals surface area contributed by atoms with E-state index in [0.717, 1.165) is 25.1 Å². The number of aromatic carboxylic acids is 1. The first-order chi connectivity index (χ1) is 6.77. The Hall–Kier alpha value is -1.35. The first-order valence-corrected chi connectivity index (χ1v) is 4.81. The highest BCUT2D eigenvalue weighted by atomic mass is 16.4. The van der Waals surface area contributed by atoms with Gasteiger partial charge in [-0.3, -0.25) is 0 Å². The van der Waals surface area contributed by atoms with Crippen LogP contribution in [0.2, 0.25) is 0 Å². The van der Waals surface area contributed by atoms with E-state index < -0.39 is 5.97 Å². The van der Waals surface area contributed by atoms with Gasteiger partial charge >= 0.3 is 5.97 Å². The number of hydrogen-bond donors (Lipinski definition) is 2. The first kappa shape index (κ1) is 9.21. The molecule has 0 bridgehead atoms. The van der Waals surface area contributed by atoms with Crippen molar-refractivity contribution in [2.24, 2.45) is 0 Å². The van der Waals surface area contributed by atoms with Crippen LogP contribution in [0.25, 0.3) is 0 Å². The van der Waals surface area contributed by atoms with Crippen LogP contribution >= 0.6 is 0 Å². The number of carboxylic acid groups (broad SMARTS) is 1. The lowest BCUT2D eigenvalue weighted by Crippen LogP contribution is -2.08. The van der Waals surface area contributed by atoms with Crippen molar-refractivity contribution in [2.45, 2.75) is 12.3 Å². The van der Waals surface area contributed by atoms with Crippen LogP contribution in [0.5, 0.6) is 0 Å². The molecule has 1 fully saturated rings. The zero-order chi connectivity index (χ0) is 9.97. The standard InChI is InChI=1S/C11H13NO2/c13-11(14)9-3-1-2-8(6-9)10-4-5-12-7-10/h1-3,6,10,12H,4-5,7H2,(H,13,14)/t10-/m1/s1. The molecule has 0 amide bonds. The molecule has 3 nitrogen and oxygen atoms in total. The highest BCUT2D eigenvalue weighted by Gasteiger charge is 2.17. The van der Waals surface area contributed by atoms with E-state index in [0.29, 0.717) is 11.5 Å². The normalized spacial score (nSPS) is 21.0. The summed E-state index contributed by atoms with van der Waals surface area (Å²) in [7, 11) is 0. The van der Waals surface area contributed by atoms with Gasteiger partial charge in [-0.05, 0) is 36.6 Å². The second kappa shape index (κ2) is 3.80. The molecule has 0 aromatic heterocycles. The molecule has 2 rings (SSSR count). The third kappa shape index (κ3) is 1.77. The van der Waals surface area contributed by atoms with E-state index in [-0.39, 0.29) is 0 Å². The fourth-order valence-corrected chi connectivity index (χ4v) is 1.86. The van der Waals surface area contributed by atoms with Crippen LogP contribution in [0.3, 0.4) is 0 Å². The predicted molar refractivity (Wildman–Crippen MR) is 53.6 cm³/mol. The Balaban J connectivity index is 2.25. The molecule has 0 unspecified atom stereocenters. The molecule has 0 aliphatic carbocycles. The van der Waals surface area contributed by atoms with E-state index in [9.17, 15) is 4.79 Å². The minimum Gasteiger partial charge on any atom is -0.478 e. The number of hydrogen-bond acceptors (Lipinski definition) is 2. The fraction of sp³-hybridized carbons (Fsp3) is 0.364. The van der Waals surface area contributed by atoms with Crippen LogP contribution in [-0.2, 0) is 0 Å². The molecule has 0 spiro atoms. The quantitative estimate of drug-likeness (QED) is 0.744. The van der Waals surface area contributed by atoms with Crippen LogP contribution in [0.4, 0.5) is 0 Å². The molecule has 74 valence electrons. The van der Waals surface area contributed by atoms with Gasteiger partial charge in [0.05, 0.1) is 5.56 Å². The molecule has 1 aromatic rings. The molecular weight excluding hydrogens is 178 g/mol. The van der Waals surface area contributed by atoms with Crippen molar-refractivity contribution in [3.05, 3.63) is 35.4 Å². The van der Waals surface area contributed by atoms with Crippen molar-refractivity contribution >= 4 is 5.97 Å². The summed E-state index contributed by atoms with van der Waals surface area (Å²) in [4.78, 5) is 10.8. The average molecular weight is 191 g/mol. The van der Waals surface area contributed by atoms with E-state index in [4.69, 9.17) is 5.11 Å². The summed E-state index contributed by atoms with van der Waals surface area (Å²) in [5.74, 6) is -0.368. The predicted octanol–water partition coefficient (Wildman–Crippen LogP) is 1.46. The Bertz CT molecular complexity index is 343. The molecule has 1 aliphatic rings. The fourth-order valence-electron chi connectivity index (χ4n) is 1.86. The topological polar surface area (TPSA) is 49.3 Å². The Morgan fingerprint density at radius 3 is 3.00 bits per heavy atom. The molecule has 1 aliphatic heterocycles. The highest BCUT2D eigenvalue weighted by Crippen LogP contribution is 2.22. The minimum atomic E-state index is -0.849. The molecule has 2 N–H and O–H groups in total. The van der Waals surface area contributed by atoms with E-state index >= 15 is 0 Å². The van der Waals surface area contributed by atoms with Gasteiger partial charge in [-0.15, -0.1) is 0 Å². The highest BCUT2D eigenvalue weighted by molar-refractivity contribution is 5.87. The van der Waals surface area contributed by atoms with Crippen LogP contribution in [-0.4, -0.2) is 24.2 Å². The Kier molecular flexibility index (Phi) is 2.50. The summed E-state index contributed by atoms with van der Waals surface area (Å²) in [6, 6.07) is 7.23. The molecular formula is C11H13NO2. The molecule has 1 atom stereocenters. The van der Waals surface area contributed by atoms with Gasteiger partial charge in [0.15, 0.2) is 0 Å². The van der Waals surface area contributed by atoms with Crippen molar-refractivity contribution in [1.82, 2.24) is 5.32 Å². The monoisotopic (exact) mass is 191 g/mol. The molecule has 14 heavy (non-hydrogen) atoms. The third-order valence-electron chi connectivity index (χ3n) is 2.67. The second-order valence-electron chi connectivity index (χ2n) is 3.62. The van der Waals surface area contributed by atoms with Gasteiger partial charge in [-0.2, -0.15) is 0 Å².